The summed E-state index contributed by atoms with van der Waals surface area (Å²) >= 11 is 3.27. The van der Waals surface area contributed by atoms with E-state index in [4.69, 9.17) is 4.74 Å². The molecule has 0 spiro atoms. The zero-order valence-corrected chi connectivity index (χ0v) is 16.9. The van der Waals surface area contributed by atoms with Crippen LogP contribution in [0.4, 0.5) is 10.5 Å². The quantitative estimate of drug-likeness (QED) is 0.749. The Hall–Kier alpha value is -2.13. The highest BCUT2D eigenvalue weighted by atomic mass is 79.9. The summed E-state index contributed by atoms with van der Waals surface area (Å²) in [5.41, 5.74) is 1.32. The van der Waals surface area contributed by atoms with Crippen LogP contribution in [-0.2, 0) is 21.4 Å². The number of piperidine rings is 1. The Labute approximate surface area is 166 Å². The molecule has 3 rings (SSSR count). The van der Waals surface area contributed by atoms with Crippen LogP contribution in [0, 0.1) is 0 Å². The second kappa shape index (κ2) is 8.71. The second-order valence-corrected chi connectivity index (χ2v) is 9.14. The molecule has 0 bridgehead atoms. The SMILES string of the molecule is O=C(OCc1ccccc1)N1CCC(S(=O)(=O)Nc2cncc(Br)c2)CC1. The fourth-order valence-electron chi connectivity index (χ4n) is 2.87. The van der Waals surface area contributed by atoms with Gasteiger partial charge in [0.15, 0.2) is 0 Å². The number of halogens is 1. The summed E-state index contributed by atoms with van der Waals surface area (Å²) < 4.78 is 33.7. The van der Waals surface area contributed by atoms with Crippen molar-refractivity contribution in [1.29, 1.82) is 0 Å². The third kappa shape index (κ3) is 5.43. The van der Waals surface area contributed by atoms with E-state index in [1.165, 1.54) is 6.20 Å². The third-order valence-corrected chi connectivity index (χ3v) is 6.61. The number of hydrogen-bond donors (Lipinski definition) is 1. The van der Waals surface area contributed by atoms with Gasteiger partial charge in [-0.15, -0.1) is 0 Å². The van der Waals surface area contributed by atoms with Crippen LogP contribution >= 0.6 is 15.9 Å². The first-order chi connectivity index (χ1) is 12.9. The molecule has 1 amide bonds. The van der Waals surface area contributed by atoms with Crippen molar-refractivity contribution in [3.63, 3.8) is 0 Å². The monoisotopic (exact) mass is 453 g/mol. The predicted octanol–water partition coefficient (Wildman–Crippen LogP) is 3.39. The lowest BCUT2D eigenvalue weighted by Gasteiger charge is -2.31. The standard InChI is InChI=1S/C18H20BrN3O4S/c19-15-10-16(12-20-11-15)21-27(24,25)17-6-8-22(9-7-17)18(23)26-13-14-4-2-1-3-5-14/h1-5,10-12,17,21H,6-9,13H2. The molecular weight excluding hydrogens is 434 g/mol. The summed E-state index contributed by atoms with van der Waals surface area (Å²) in [5.74, 6) is 0. The van der Waals surface area contributed by atoms with Crippen molar-refractivity contribution in [2.75, 3.05) is 17.8 Å². The number of amides is 1. The number of nitrogens with zero attached hydrogens (tertiary/aromatic N) is 2. The Morgan fingerprint density at radius 1 is 1.22 bits per heavy atom. The summed E-state index contributed by atoms with van der Waals surface area (Å²) in [6.07, 6.45) is 3.34. The van der Waals surface area contributed by atoms with Gasteiger partial charge in [0, 0.05) is 23.8 Å². The predicted molar refractivity (Wildman–Crippen MR) is 106 cm³/mol. The molecule has 1 aliphatic rings. The molecule has 1 aromatic heterocycles. The average Bonchev–Trinajstić information content (AvgIpc) is 2.67. The molecule has 0 atom stereocenters. The van der Waals surface area contributed by atoms with E-state index in [9.17, 15) is 13.2 Å². The minimum absolute atomic E-state index is 0.204. The number of ether oxygens (including phenoxy) is 1. The first-order valence-corrected chi connectivity index (χ1v) is 10.9. The lowest BCUT2D eigenvalue weighted by molar-refractivity contribution is 0.0897. The van der Waals surface area contributed by atoms with E-state index >= 15 is 0 Å². The highest BCUT2D eigenvalue weighted by Crippen LogP contribution is 2.22. The van der Waals surface area contributed by atoms with Crippen molar-refractivity contribution in [2.24, 2.45) is 0 Å². The molecule has 7 nitrogen and oxygen atoms in total. The lowest BCUT2D eigenvalue weighted by atomic mass is 10.1. The molecule has 1 fully saturated rings. The van der Waals surface area contributed by atoms with Crippen LogP contribution < -0.4 is 4.72 Å². The molecule has 144 valence electrons. The number of carbonyl (C=O) groups is 1. The number of anilines is 1. The smallest absolute Gasteiger partial charge is 0.410 e. The molecule has 1 saturated heterocycles. The van der Waals surface area contributed by atoms with Gasteiger partial charge in [-0.1, -0.05) is 30.3 Å². The highest BCUT2D eigenvalue weighted by Gasteiger charge is 2.32. The maximum Gasteiger partial charge on any atom is 0.410 e. The summed E-state index contributed by atoms with van der Waals surface area (Å²) in [5, 5.41) is -0.561. The van der Waals surface area contributed by atoms with Gasteiger partial charge in [-0.25, -0.2) is 13.2 Å². The molecule has 9 heteroatoms. The first kappa shape index (κ1) is 19.6. The van der Waals surface area contributed by atoms with Crippen molar-refractivity contribution in [1.82, 2.24) is 9.88 Å². The van der Waals surface area contributed by atoms with Crippen molar-refractivity contribution in [3.05, 3.63) is 58.8 Å². The molecule has 0 aliphatic carbocycles. The maximum atomic E-state index is 12.6. The van der Waals surface area contributed by atoms with Gasteiger partial charge in [0.25, 0.3) is 0 Å². The van der Waals surface area contributed by atoms with Crippen molar-refractivity contribution in [2.45, 2.75) is 24.7 Å². The average molecular weight is 454 g/mol. The number of carbonyl (C=O) groups excluding carboxylic acids is 1. The zero-order chi connectivity index (χ0) is 19.3. The summed E-state index contributed by atoms with van der Waals surface area (Å²) in [4.78, 5) is 17.7. The first-order valence-electron chi connectivity index (χ1n) is 8.52. The number of nitrogens with one attached hydrogen (secondary N) is 1. The molecule has 0 radical (unpaired) electrons. The van der Waals surface area contributed by atoms with Gasteiger partial charge in [0.2, 0.25) is 10.0 Å². The van der Waals surface area contributed by atoms with E-state index < -0.39 is 21.4 Å². The van der Waals surface area contributed by atoms with Crippen molar-refractivity contribution >= 4 is 37.7 Å². The van der Waals surface area contributed by atoms with Crippen LogP contribution in [0.2, 0.25) is 0 Å². The number of rotatable bonds is 5. The van der Waals surface area contributed by atoms with Crippen LogP contribution in [0.25, 0.3) is 0 Å². The van der Waals surface area contributed by atoms with E-state index in [0.29, 0.717) is 36.1 Å². The Bertz CT molecular complexity index is 884. The van der Waals surface area contributed by atoms with E-state index in [-0.39, 0.29) is 6.61 Å². The molecule has 2 heterocycles. The van der Waals surface area contributed by atoms with Gasteiger partial charge in [-0.2, -0.15) is 0 Å². The lowest BCUT2D eigenvalue weighted by Crippen LogP contribution is -2.44. The van der Waals surface area contributed by atoms with Gasteiger partial charge in [0.1, 0.15) is 6.61 Å². The number of benzene rings is 1. The Balaban J connectivity index is 1.51. The van der Waals surface area contributed by atoms with Gasteiger partial charge in [0.05, 0.1) is 17.1 Å². The highest BCUT2D eigenvalue weighted by molar-refractivity contribution is 9.10. The van der Waals surface area contributed by atoms with E-state index in [0.717, 1.165) is 5.56 Å². The van der Waals surface area contributed by atoms with Crippen LogP contribution in [0.3, 0.4) is 0 Å². The minimum Gasteiger partial charge on any atom is -0.445 e. The van der Waals surface area contributed by atoms with Gasteiger partial charge in [-0.05, 0) is 40.4 Å². The molecule has 1 N–H and O–H groups in total. The normalized spacial score (nSPS) is 15.4. The van der Waals surface area contributed by atoms with Gasteiger partial charge in [-0.3, -0.25) is 9.71 Å². The molecular formula is C18H20BrN3O4S. The number of sulfonamides is 1. The molecule has 1 aromatic carbocycles. The second-order valence-electron chi connectivity index (χ2n) is 6.27. The van der Waals surface area contributed by atoms with Crippen molar-refractivity contribution < 1.29 is 17.9 Å². The topological polar surface area (TPSA) is 88.6 Å². The van der Waals surface area contributed by atoms with E-state index in [1.54, 1.807) is 17.2 Å². The summed E-state index contributed by atoms with van der Waals surface area (Å²) in [6.45, 7) is 0.890. The third-order valence-electron chi connectivity index (χ3n) is 4.31. The number of pyridine rings is 1. The number of hydrogen-bond acceptors (Lipinski definition) is 5. The molecule has 2 aromatic rings. The largest absolute Gasteiger partial charge is 0.445 e. The van der Waals surface area contributed by atoms with E-state index in [1.807, 2.05) is 30.3 Å². The molecule has 0 unspecified atom stereocenters. The van der Waals surface area contributed by atoms with Crippen LogP contribution in [0.15, 0.2) is 53.3 Å². The van der Waals surface area contributed by atoms with Crippen LogP contribution in [0.1, 0.15) is 18.4 Å². The fraction of sp³-hybridized carbons (Fsp3) is 0.333. The Kier molecular flexibility index (Phi) is 6.33. The maximum absolute atomic E-state index is 12.6. The molecule has 1 aliphatic heterocycles. The Morgan fingerprint density at radius 3 is 2.59 bits per heavy atom. The molecule has 0 saturated carbocycles. The zero-order valence-electron chi connectivity index (χ0n) is 14.5. The number of aromatic nitrogens is 1. The molecule has 27 heavy (non-hydrogen) atoms. The number of likely N-dealkylation sites (tertiary alicyclic amines) is 1. The van der Waals surface area contributed by atoms with Crippen molar-refractivity contribution in [3.8, 4) is 0 Å². The Morgan fingerprint density at radius 2 is 1.93 bits per heavy atom. The van der Waals surface area contributed by atoms with Crippen LogP contribution in [0.5, 0.6) is 0 Å². The van der Waals surface area contributed by atoms with Gasteiger partial charge >= 0.3 is 6.09 Å². The van der Waals surface area contributed by atoms with Gasteiger partial charge < -0.3 is 9.64 Å². The minimum atomic E-state index is -3.55. The fourth-order valence-corrected chi connectivity index (χ4v) is 4.68. The summed E-state index contributed by atoms with van der Waals surface area (Å²) in [6, 6.07) is 11.1. The summed E-state index contributed by atoms with van der Waals surface area (Å²) in [7, 11) is -3.55. The van der Waals surface area contributed by atoms with E-state index in [2.05, 4.69) is 25.6 Å². The van der Waals surface area contributed by atoms with Crippen LogP contribution in [-0.4, -0.2) is 42.7 Å².